The molecule has 5 heteroatoms. The maximum atomic E-state index is 11.0. The van der Waals surface area contributed by atoms with Gasteiger partial charge >= 0.3 is 0 Å². The van der Waals surface area contributed by atoms with Gasteiger partial charge in [0.1, 0.15) is 5.75 Å². The molecule has 0 saturated carbocycles. The molecule has 0 heterocycles. The summed E-state index contributed by atoms with van der Waals surface area (Å²) in [5.74, 6) is 0.361. The number of phenols is 1. The molecule has 0 unspecified atom stereocenters. The fourth-order valence-corrected chi connectivity index (χ4v) is 1.86. The van der Waals surface area contributed by atoms with E-state index in [0.717, 1.165) is 0 Å². The molecule has 4 nitrogen and oxygen atoms in total. The molecule has 0 aromatic heterocycles. The van der Waals surface area contributed by atoms with Crippen molar-refractivity contribution in [2.45, 2.75) is 0 Å². The lowest BCUT2D eigenvalue weighted by molar-refractivity contribution is 0.1000. The summed E-state index contributed by atoms with van der Waals surface area (Å²) in [6.45, 7) is 0. The standard InChI is InChI=1S/C13H10BrNO3/c14-9-7-8(13(15)17)5-6-11(9)18-12-4-2-1-3-10(12)16/h1-7,16H,(H2,15,17). The van der Waals surface area contributed by atoms with E-state index in [1.807, 2.05) is 0 Å². The fourth-order valence-electron chi connectivity index (χ4n) is 1.40. The Morgan fingerprint density at radius 2 is 1.89 bits per heavy atom. The predicted octanol–water partition coefficient (Wildman–Crippen LogP) is 3.05. The maximum Gasteiger partial charge on any atom is 0.248 e. The second-order valence-electron chi connectivity index (χ2n) is 3.58. The van der Waals surface area contributed by atoms with E-state index < -0.39 is 5.91 Å². The molecule has 2 aromatic rings. The summed E-state index contributed by atoms with van der Waals surface area (Å²) in [4.78, 5) is 11.0. The van der Waals surface area contributed by atoms with Crippen LogP contribution in [0.4, 0.5) is 0 Å². The quantitative estimate of drug-likeness (QED) is 0.915. The third-order valence-electron chi connectivity index (χ3n) is 2.30. The molecule has 0 fully saturated rings. The number of amides is 1. The van der Waals surface area contributed by atoms with E-state index in [0.29, 0.717) is 21.5 Å². The van der Waals surface area contributed by atoms with Crippen molar-refractivity contribution >= 4 is 21.8 Å². The lowest BCUT2D eigenvalue weighted by Crippen LogP contribution is -2.10. The van der Waals surface area contributed by atoms with Crippen molar-refractivity contribution in [3.8, 4) is 17.2 Å². The van der Waals surface area contributed by atoms with Crippen molar-refractivity contribution in [3.63, 3.8) is 0 Å². The molecule has 0 atom stereocenters. The molecule has 1 amide bonds. The number of hydrogen-bond donors (Lipinski definition) is 2. The first-order valence-electron chi connectivity index (χ1n) is 5.13. The Balaban J connectivity index is 2.30. The Bertz CT molecular complexity index is 599. The van der Waals surface area contributed by atoms with Crippen LogP contribution in [0.15, 0.2) is 46.9 Å². The molecule has 0 bridgehead atoms. The number of phenolic OH excluding ortho intramolecular Hbond substituents is 1. The first-order valence-corrected chi connectivity index (χ1v) is 5.92. The van der Waals surface area contributed by atoms with Crippen molar-refractivity contribution in [1.82, 2.24) is 0 Å². The second kappa shape index (κ2) is 5.10. The minimum atomic E-state index is -0.509. The Hall–Kier alpha value is -2.01. The molecule has 92 valence electrons. The van der Waals surface area contributed by atoms with Crippen LogP contribution < -0.4 is 10.5 Å². The van der Waals surface area contributed by atoms with Crippen LogP contribution in [-0.2, 0) is 0 Å². The molecular formula is C13H10BrNO3. The predicted molar refractivity (Wildman–Crippen MR) is 70.8 cm³/mol. The van der Waals surface area contributed by atoms with Gasteiger partial charge in [-0.15, -0.1) is 0 Å². The van der Waals surface area contributed by atoms with Crippen LogP contribution in [0.3, 0.4) is 0 Å². The van der Waals surface area contributed by atoms with Crippen molar-refractivity contribution in [2.75, 3.05) is 0 Å². The number of halogens is 1. The fraction of sp³-hybridized carbons (Fsp3) is 0. The molecule has 0 aliphatic rings. The van der Waals surface area contributed by atoms with Crippen molar-refractivity contribution < 1.29 is 14.6 Å². The number of carbonyl (C=O) groups excluding carboxylic acids is 1. The van der Waals surface area contributed by atoms with Gasteiger partial charge in [-0.2, -0.15) is 0 Å². The van der Waals surface area contributed by atoms with Gasteiger partial charge in [-0.25, -0.2) is 0 Å². The van der Waals surface area contributed by atoms with Gasteiger partial charge in [0.15, 0.2) is 11.5 Å². The SMILES string of the molecule is NC(=O)c1ccc(Oc2ccccc2O)c(Br)c1. The van der Waals surface area contributed by atoms with E-state index in [9.17, 15) is 9.90 Å². The van der Waals surface area contributed by atoms with E-state index in [2.05, 4.69) is 15.9 Å². The second-order valence-corrected chi connectivity index (χ2v) is 4.43. The van der Waals surface area contributed by atoms with Gasteiger partial charge < -0.3 is 15.6 Å². The van der Waals surface area contributed by atoms with Gasteiger partial charge in [-0.05, 0) is 46.3 Å². The topological polar surface area (TPSA) is 72.6 Å². The Labute approximate surface area is 112 Å². The molecule has 3 N–H and O–H groups in total. The van der Waals surface area contributed by atoms with Gasteiger partial charge in [0, 0.05) is 5.56 Å². The summed E-state index contributed by atoms with van der Waals surface area (Å²) in [5, 5.41) is 9.59. The Morgan fingerprint density at radius 1 is 1.17 bits per heavy atom. The number of aromatic hydroxyl groups is 1. The summed E-state index contributed by atoms with van der Waals surface area (Å²) in [6.07, 6.45) is 0. The number of hydrogen-bond acceptors (Lipinski definition) is 3. The van der Waals surface area contributed by atoms with Crippen LogP contribution in [-0.4, -0.2) is 11.0 Å². The Kier molecular flexibility index (Phi) is 3.53. The molecule has 0 aliphatic carbocycles. The zero-order valence-electron chi connectivity index (χ0n) is 9.26. The first kappa shape index (κ1) is 12.4. The summed E-state index contributed by atoms with van der Waals surface area (Å²) in [5.41, 5.74) is 5.55. The van der Waals surface area contributed by atoms with Crippen LogP contribution in [0.2, 0.25) is 0 Å². The lowest BCUT2D eigenvalue weighted by atomic mass is 10.2. The van der Waals surface area contributed by atoms with E-state index in [4.69, 9.17) is 10.5 Å². The van der Waals surface area contributed by atoms with E-state index in [1.165, 1.54) is 6.07 Å². The third kappa shape index (κ3) is 2.62. The molecular weight excluding hydrogens is 298 g/mol. The highest BCUT2D eigenvalue weighted by molar-refractivity contribution is 9.10. The van der Waals surface area contributed by atoms with Crippen LogP contribution in [0.1, 0.15) is 10.4 Å². The summed E-state index contributed by atoms with van der Waals surface area (Å²) in [7, 11) is 0. The van der Waals surface area contributed by atoms with Crippen molar-refractivity contribution in [3.05, 3.63) is 52.5 Å². The van der Waals surface area contributed by atoms with E-state index >= 15 is 0 Å². The summed E-state index contributed by atoms with van der Waals surface area (Å²) < 4.78 is 6.11. The lowest BCUT2D eigenvalue weighted by Gasteiger charge is -2.09. The highest BCUT2D eigenvalue weighted by atomic mass is 79.9. The molecule has 2 aromatic carbocycles. The number of nitrogens with two attached hydrogens (primary N) is 1. The number of rotatable bonds is 3. The molecule has 0 spiro atoms. The first-order chi connectivity index (χ1) is 8.58. The zero-order valence-corrected chi connectivity index (χ0v) is 10.8. The van der Waals surface area contributed by atoms with Gasteiger partial charge in [0.25, 0.3) is 0 Å². The average Bonchev–Trinajstić information content (AvgIpc) is 2.34. The summed E-state index contributed by atoms with van der Waals surface area (Å²) >= 11 is 3.28. The molecule has 18 heavy (non-hydrogen) atoms. The number of benzene rings is 2. The smallest absolute Gasteiger partial charge is 0.248 e. The maximum absolute atomic E-state index is 11.0. The van der Waals surface area contributed by atoms with Crippen LogP contribution in [0.25, 0.3) is 0 Å². The largest absolute Gasteiger partial charge is 0.504 e. The minimum Gasteiger partial charge on any atom is -0.504 e. The summed E-state index contributed by atoms with van der Waals surface area (Å²) in [6, 6.07) is 11.4. The normalized spacial score (nSPS) is 10.1. The van der Waals surface area contributed by atoms with Crippen LogP contribution in [0.5, 0.6) is 17.2 Å². The number of carbonyl (C=O) groups is 1. The number of ether oxygens (including phenoxy) is 1. The van der Waals surface area contributed by atoms with Gasteiger partial charge in [0.2, 0.25) is 5.91 Å². The van der Waals surface area contributed by atoms with Crippen LogP contribution in [0, 0.1) is 0 Å². The molecule has 0 saturated heterocycles. The molecule has 2 rings (SSSR count). The molecule has 0 aliphatic heterocycles. The monoisotopic (exact) mass is 307 g/mol. The van der Waals surface area contributed by atoms with Crippen LogP contribution >= 0.6 is 15.9 Å². The van der Waals surface area contributed by atoms with Gasteiger partial charge in [-0.3, -0.25) is 4.79 Å². The van der Waals surface area contributed by atoms with Crippen molar-refractivity contribution in [2.24, 2.45) is 5.73 Å². The van der Waals surface area contributed by atoms with E-state index in [1.54, 1.807) is 36.4 Å². The van der Waals surface area contributed by atoms with Gasteiger partial charge in [-0.1, -0.05) is 12.1 Å². The zero-order chi connectivity index (χ0) is 13.1. The third-order valence-corrected chi connectivity index (χ3v) is 2.92. The Morgan fingerprint density at radius 3 is 2.50 bits per heavy atom. The number of para-hydroxylation sites is 2. The average molecular weight is 308 g/mol. The highest BCUT2D eigenvalue weighted by Crippen LogP contribution is 2.34. The molecule has 0 radical (unpaired) electrons. The van der Waals surface area contributed by atoms with Gasteiger partial charge in [0.05, 0.1) is 4.47 Å². The van der Waals surface area contributed by atoms with E-state index in [-0.39, 0.29) is 5.75 Å². The number of primary amides is 1. The minimum absolute atomic E-state index is 0.0448. The highest BCUT2D eigenvalue weighted by Gasteiger charge is 2.08. The van der Waals surface area contributed by atoms with Crippen molar-refractivity contribution in [1.29, 1.82) is 0 Å².